The summed E-state index contributed by atoms with van der Waals surface area (Å²) < 4.78 is 23.5. The van der Waals surface area contributed by atoms with E-state index >= 15 is 0 Å². The first-order valence-electron chi connectivity index (χ1n) is 35.2. The Labute approximate surface area is 638 Å². The molecule has 2 saturated heterocycles. The van der Waals surface area contributed by atoms with Crippen LogP contribution in [0.2, 0.25) is 0 Å². The van der Waals surface area contributed by atoms with Gasteiger partial charge in [-0.1, -0.05) is 24.3 Å². The van der Waals surface area contributed by atoms with Gasteiger partial charge in [0.15, 0.2) is 6.61 Å². The number of anilines is 1. The first kappa shape index (κ1) is 90.5. The fourth-order valence-corrected chi connectivity index (χ4v) is 11.7. The number of hydrogen-bond donors (Lipinski definition) is 10. The van der Waals surface area contributed by atoms with Crippen LogP contribution in [0.15, 0.2) is 79.0 Å². The third-order valence-electron chi connectivity index (χ3n) is 17.1. The summed E-state index contributed by atoms with van der Waals surface area (Å²) in [5.74, 6) is -5.42. The molecule has 1 aromatic heterocycles. The van der Waals surface area contributed by atoms with Crippen molar-refractivity contribution < 1.29 is 101 Å². The van der Waals surface area contributed by atoms with Gasteiger partial charge in [-0.2, -0.15) is 24.4 Å². The number of rotatable bonds is 41. The molecule has 2 aliphatic heterocycles. The van der Waals surface area contributed by atoms with Gasteiger partial charge in [0.1, 0.15) is 23.9 Å². The van der Waals surface area contributed by atoms with Gasteiger partial charge in [-0.25, -0.2) is 9.59 Å². The molecule has 35 nitrogen and oxygen atoms in total. The summed E-state index contributed by atoms with van der Waals surface area (Å²) in [6.07, 6.45) is 5.69. The Morgan fingerprint density at radius 3 is 1.91 bits per heavy atom. The summed E-state index contributed by atoms with van der Waals surface area (Å²) in [5.41, 5.74) is 3.09. The lowest BCUT2D eigenvalue weighted by Crippen LogP contribution is -2.51. The van der Waals surface area contributed by atoms with Gasteiger partial charge in [0.2, 0.25) is 23.6 Å². The van der Waals surface area contributed by atoms with Crippen molar-refractivity contribution in [3.63, 3.8) is 0 Å². The molecular weight excluding hydrogens is 1520 g/mol. The molecule has 6 rings (SSSR count). The Bertz CT molecular complexity index is 3620. The molecule has 0 radical (unpaired) electrons. The lowest BCUT2D eigenvalue weighted by Gasteiger charge is -2.36. The van der Waals surface area contributed by atoms with Crippen LogP contribution >= 0.6 is 22.6 Å². The largest absolute Gasteiger partial charge is 0.484 e. The second kappa shape index (κ2) is 52.1. The van der Waals surface area contributed by atoms with Gasteiger partial charge in [-0.3, -0.25) is 53.1 Å². The molecule has 0 bridgehead atoms. The SMILES string of the molecule is CN1CCN(CC(=O)O)CCN(CC(=O)O)CC(Cc2ccc(NC(=O)NCCCC[C@H](NC(=O)CCOCCOCCOCCNC(=O)COc3ccc4c(C(=O)NCC(=O)N5CCC[C@@H]5C#N)ccnc4c3)C(=O)N[C@@H](CCCCNC(=O)Cc3ccc(I)cc3)C(=O)O)cc2)N(C)CC1.O=C=O.O=C=O. The summed E-state index contributed by atoms with van der Waals surface area (Å²) in [4.78, 5) is 173. The van der Waals surface area contributed by atoms with Crippen LogP contribution in [0.5, 0.6) is 5.75 Å². The standard InChI is InChI=1S/C70H97IN14O17.2CO2/c1-81-28-30-82(2)54(45-84(47-66(92)93)33-32-83(31-29-81)46-65(90)91)40-49-13-17-52(18-14-49)78-70(98)76-24-6-3-9-58(68(95)80-59(69(96)97)10-4-5-23-74-62(87)41-50-11-15-51(71)16-12-50)79-61(86)22-34-99-36-38-101-39-37-100-35-26-75-63(88)48-102-55-19-20-56-57(21-25-73-60(56)42-55)67(94)77-44-64(89)85-27-7-8-53(85)43-72;2*2-1-3/h11-21,25,42,53-54,58-59H,3-10,22-24,26-41,44-48H2,1-2H3,(H,74,87)(H,75,88)(H,77,94)(H,79,86)(H,80,95)(H,90,91)(H,92,93)(H,96,97)(H2,76,78,98);;/t53-,54?,58+,59+;;/m1../s1. The molecule has 1 unspecified atom stereocenters. The number of nitriles is 1. The minimum atomic E-state index is -1.28. The van der Waals surface area contributed by atoms with Crippen LogP contribution in [0.25, 0.3) is 10.9 Å². The van der Waals surface area contributed by atoms with Gasteiger partial charge in [-0.05, 0) is 148 Å². The quantitative estimate of drug-likeness (QED) is 0.0219. The van der Waals surface area contributed by atoms with Crippen LogP contribution < -0.4 is 42.0 Å². The molecule has 3 aromatic carbocycles. The lowest BCUT2D eigenvalue weighted by atomic mass is 10.0. The van der Waals surface area contributed by atoms with Crippen LogP contribution in [0.3, 0.4) is 0 Å². The highest BCUT2D eigenvalue weighted by molar-refractivity contribution is 14.1. The molecule has 3 heterocycles. The van der Waals surface area contributed by atoms with Crippen molar-refractivity contribution in [2.45, 2.75) is 94.8 Å². The molecule has 36 heteroatoms. The van der Waals surface area contributed by atoms with E-state index in [1.165, 1.54) is 17.2 Å². The molecule has 2 fully saturated rings. The molecule has 4 atom stereocenters. The number of amides is 8. The number of hydrogen-bond acceptors (Lipinski definition) is 24. The average Bonchev–Trinajstić information content (AvgIpc) is 0.899. The number of urea groups is 1. The van der Waals surface area contributed by atoms with E-state index in [0.29, 0.717) is 119 Å². The zero-order valence-corrected chi connectivity index (χ0v) is 62.8. The maximum atomic E-state index is 13.8. The number of pyridine rings is 1. The maximum Gasteiger partial charge on any atom is 0.373 e. The minimum absolute atomic E-state index is 0.0154. The number of carbonyl (C=O) groups is 10. The van der Waals surface area contributed by atoms with E-state index in [4.69, 9.17) is 38.1 Å². The van der Waals surface area contributed by atoms with E-state index < -0.39 is 65.7 Å². The van der Waals surface area contributed by atoms with Crippen molar-refractivity contribution in [2.75, 3.05) is 157 Å². The van der Waals surface area contributed by atoms with Crippen LogP contribution in [-0.4, -0.2) is 293 Å². The minimum Gasteiger partial charge on any atom is -0.484 e. The van der Waals surface area contributed by atoms with E-state index in [9.17, 15) is 68.5 Å². The zero-order valence-electron chi connectivity index (χ0n) is 60.6. The Morgan fingerprint density at radius 2 is 1.24 bits per heavy atom. The summed E-state index contributed by atoms with van der Waals surface area (Å²) >= 11 is 2.19. The number of carboxylic acids is 3. The fourth-order valence-electron chi connectivity index (χ4n) is 11.4. The topological polar surface area (TPSA) is 474 Å². The molecular formula is C72H97IN14O21. The number of aliphatic carboxylic acids is 3. The molecule has 108 heavy (non-hydrogen) atoms. The van der Waals surface area contributed by atoms with E-state index in [1.54, 1.807) is 30.3 Å². The number of benzene rings is 3. The van der Waals surface area contributed by atoms with Crippen LogP contribution in [0, 0.1) is 14.9 Å². The van der Waals surface area contributed by atoms with Crippen molar-refractivity contribution >= 4 is 111 Å². The van der Waals surface area contributed by atoms with Crippen molar-refractivity contribution in [3.05, 3.63) is 99.3 Å². The molecule has 10 N–H and O–H groups in total. The van der Waals surface area contributed by atoms with E-state index in [-0.39, 0.29) is 135 Å². The second-order valence-electron chi connectivity index (χ2n) is 25.2. The number of carbonyl (C=O) groups excluding carboxylic acids is 11. The highest BCUT2D eigenvalue weighted by Gasteiger charge is 2.30. The molecule has 4 aromatic rings. The van der Waals surface area contributed by atoms with Crippen molar-refractivity contribution in [3.8, 4) is 11.8 Å². The normalized spacial score (nSPS) is 15.5. The number of carboxylic acid groups (broad SMARTS) is 3. The number of likely N-dealkylation sites (N-methyl/N-ethyl adjacent to an activating group) is 2. The number of fused-ring (bicyclic) bond motifs is 1. The molecule has 0 aliphatic carbocycles. The number of nitrogens with one attached hydrogen (secondary N) is 7. The molecule has 2 aliphatic rings. The highest BCUT2D eigenvalue weighted by atomic mass is 127. The first-order valence-corrected chi connectivity index (χ1v) is 36.3. The predicted molar refractivity (Wildman–Crippen MR) is 394 cm³/mol. The maximum absolute atomic E-state index is 13.8. The smallest absolute Gasteiger partial charge is 0.373 e. The summed E-state index contributed by atoms with van der Waals surface area (Å²) in [7, 11) is 4.00. The van der Waals surface area contributed by atoms with Crippen molar-refractivity contribution in [1.82, 2.24) is 61.4 Å². The van der Waals surface area contributed by atoms with Crippen LogP contribution in [0.1, 0.15) is 79.3 Å². The third-order valence-corrected chi connectivity index (χ3v) is 17.8. The molecule has 0 saturated carbocycles. The average molecular weight is 1620 g/mol. The highest BCUT2D eigenvalue weighted by Crippen LogP contribution is 2.23. The van der Waals surface area contributed by atoms with E-state index in [1.807, 2.05) is 60.3 Å². The first-order chi connectivity index (χ1) is 51.9. The number of likely N-dealkylation sites (tertiary alicyclic amines) is 1. The summed E-state index contributed by atoms with van der Waals surface area (Å²) in [6.45, 7) is 5.06. The molecule has 588 valence electrons. The number of unbranched alkanes of at least 4 members (excludes halogenated alkanes) is 2. The van der Waals surface area contributed by atoms with Gasteiger partial charge in [-0.15, -0.1) is 0 Å². The van der Waals surface area contributed by atoms with Gasteiger partial charge in [0.05, 0.1) is 82.8 Å². The number of halogens is 1. The summed E-state index contributed by atoms with van der Waals surface area (Å²) in [6, 6.07) is 20.0. The lowest BCUT2D eigenvalue weighted by molar-refractivity contribution is -0.193. The van der Waals surface area contributed by atoms with Crippen LogP contribution in [-0.2, 0) is 84.6 Å². The van der Waals surface area contributed by atoms with Gasteiger partial charge >= 0.3 is 36.2 Å². The third kappa shape index (κ3) is 37.1. The number of aromatic nitrogens is 1. The van der Waals surface area contributed by atoms with Crippen LogP contribution in [0.4, 0.5) is 10.5 Å². The Morgan fingerprint density at radius 1 is 0.639 bits per heavy atom. The van der Waals surface area contributed by atoms with Gasteiger partial charge in [0.25, 0.3) is 11.8 Å². The van der Waals surface area contributed by atoms with Crippen molar-refractivity contribution in [1.29, 1.82) is 5.26 Å². The molecule has 0 spiro atoms. The fraction of sp³-hybridized carbons (Fsp3) is 0.528. The van der Waals surface area contributed by atoms with Gasteiger partial charge in [0, 0.05) is 111 Å². The Balaban J connectivity index is 0.00000397. The Kier molecular flexibility index (Phi) is 43.7. The van der Waals surface area contributed by atoms with E-state index in [2.05, 4.69) is 80.7 Å². The zero-order chi connectivity index (χ0) is 79.0. The number of ether oxygens (including phenoxy) is 4. The van der Waals surface area contributed by atoms with E-state index in [0.717, 1.165) is 27.7 Å². The second-order valence-corrected chi connectivity index (χ2v) is 26.4. The molecule has 8 amide bonds. The predicted octanol–water partition coefficient (Wildman–Crippen LogP) is 0.989. The Hall–Kier alpha value is -9.93. The number of nitrogens with zero attached hydrogens (tertiary/aromatic N) is 7. The van der Waals surface area contributed by atoms with Gasteiger partial charge < -0.3 is 86.2 Å². The van der Waals surface area contributed by atoms with Crippen molar-refractivity contribution in [2.24, 2.45) is 0 Å². The monoisotopic (exact) mass is 1620 g/mol. The summed E-state index contributed by atoms with van der Waals surface area (Å²) in [5, 5.41) is 58.3.